The van der Waals surface area contributed by atoms with Crippen molar-refractivity contribution in [2.24, 2.45) is 5.92 Å². The summed E-state index contributed by atoms with van der Waals surface area (Å²) in [5.74, 6) is 0.830. The maximum atomic E-state index is 9.60. The summed E-state index contributed by atoms with van der Waals surface area (Å²) in [7, 11) is 0. The number of carbonyl (C=O) groups is 1. The van der Waals surface area contributed by atoms with Gasteiger partial charge in [-0.1, -0.05) is 31.1 Å². The largest absolute Gasteiger partial charge is 0.462 e. The molecule has 1 fully saturated rings. The van der Waals surface area contributed by atoms with Gasteiger partial charge in [0.1, 0.15) is 5.60 Å². The molecule has 0 N–H and O–H groups in total. The lowest BCUT2D eigenvalue weighted by Gasteiger charge is -2.24. The van der Waals surface area contributed by atoms with Crippen LogP contribution in [-0.4, -0.2) is 12.1 Å². The fourth-order valence-corrected chi connectivity index (χ4v) is 2.26. The summed E-state index contributed by atoms with van der Waals surface area (Å²) in [6.07, 6.45) is 12.4. The molecule has 0 bridgehead atoms. The summed E-state index contributed by atoms with van der Waals surface area (Å²) in [6.45, 7) is 12.0. The molecule has 1 unspecified atom stereocenters. The lowest BCUT2D eigenvalue weighted by atomic mass is 9.82. The Hall–Kier alpha value is -1.05. The summed E-state index contributed by atoms with van der Waals surface area (Å²) >= 11 is 0. The van der Waals surface area contributed by atoms with Crippen molar-refractivity contribution in [2.45, 2.75) is 71.8 Å². The first-order valence-electron chi connectivity index (χ1n) is 7.35. The minimum Gasteiger partial charge on any atom is -0.462 e. The van der Waals surface area contributed by atoms with Crippen LogP contribution in [0.2, 0.25) is 0 Å². The molecule has 0 aromatic heterocycles. The van der Waals surface area contributed by atoms with Crippen molar-refractivity contribution in [1.29, 1.82) is 0 Å². The lowest BCUT2D eigenvalue weighted by molar-refractivity contribution is -0.138. The molecule has 1 saturated carbocycles. The Balaban J connectivity index is 0.000000399. The van der Waals surface area contributed by atoms with E-state index in [2.05, 4.69) is 30.4 Å². The second kappa shape index (κ2) is 9.82. The van der Waals surface area contributed by atoms with Crippen molar-refractivity contribution in [1.82, 2.24) is 0 Å². The third-order valence-electron chi connectivity index (χ3n) is 3.11. The van der Waals surface area contributed by atoms with Crippen LogP contribution in [0.4, 0.5) is 0 Å². The highest BCUT2D eigenvalue weighted by Crippen LogP contribution is 2.32. The zero-order chi connectivity index (χ0) is 14.7. The van der Waals surface area contributed by atoms with E-state index in [4.69, 9.17) is 0 Å². The number of carbonyl (C=O) groups excluding carboxylic acids is 1. The second-order valence-electron chi connectivity index (χ2n) is 5.98. The lowest BCUT2D eigenvalue weighted by Crippen LogP contribution is -2.17. The molecule has 0 aliphatic heterocycles. The van der Waals surface area contributed by atoms with Crippen molar-refractivity contribution in [3.63, 3.8) is 0 Å². The maximum Gasteiger partial charge on any atom is 0.293 e. The molecule has 0 saturated heterocycles. The van der Waals surface area contributed by atoms with Gasteiger partial charge in [-0.3, -0.25) is 4.79 Å². The number of rotatable bonds is 4. The number of hydrogen-bond donors (Lipinski definition) is 0. The predicted octanol–water partition coefficient (Wildman–Crippen LogP) is 5.05. The van der Waals surface area contributed by atoms with Crippen molar-refractivity contribution < 1.29 is 9.53 Å². The minimum absolute atomic E-state index is 0.318. The van der Waals surface area contributed by atoms with E-state index in [0.717, 1.165) is 5.92 Å². The van der Waals surface area contributed by atoms with Crippen molar-refractivity contribution in [2.75, 3.05) is 0 Å². The highest BCUT2D eigenvalue weighted by atomic mass is 16.5. The Morgan fingerprint density at radius 1 is 1.37 bits per heavy atom. The molecule has 1 aliphatic rings. The van der Waals surface area contributed by atoms with Gasteiger partial charge in [-0.15, -0.1) is 6.58 Å². The quantitative estimate of drug-likeness (QED) is 0.526. The van der Waals surface area contributed by atoms with Crippen LogP contribution in [0, 0.1) is 5.92 Å². The van der Waals surface area contributed by atoms with Gasteiger partial charge in [0.05, 0.1) is 0 Å². The molecular formula is C17H30O2. The summed E-state index contributed by atoms with van der Waals surface area (Å²) in [5.41, 5.74) is 1.38. The summed E-state index contributed by atoms with van der Waals surface area (Å²) in [5, 5.41) is 0. The molecule has 19 heavy (non-hydrogen) atoms. The SMILES string of the molecule is C=CCC1CCCC/C1=C\CC.CC(C)(C)OC=O. The fourth-order valence-electron chi connectivity index (χ4n) is 2.26. The molecule has 2 nitrogen and oxygen atoms in total. The Bertz CT molecular complexity index is 284. The van der Waals surface area contributed by atoms with Crippen LogP contribution in [0.15, 0.2) is 24.3 Å². The van der Waals surface area contributed by atoms with Gasteiger partial charge in [0.15, 0.2) is 0 Å². The molecule has 0 aromatic rings. The van der Waals surface area contributed by atoms with Crippen LogP contribution in [0.3, 0.4) is 0 Å². The van der Waals surface area contributed by atoms with Crippen LogP contribution < -0.4 is 0 Å². The number of ether oxygens (including phenoxy) is 1. The van der Waals surface area contributed by atoms with E-state index in [9.17, 15) is 4.79 Å². The van der Waals surface area contributed by atoms with Crippen LogP contribution in [-0.2, 0) is 9.53 Å². The standard InChI is InChI=1S/C12H20.C5H10O2/c1-3-7-11-9-5-6-10-12(11)8-4-2;1-5(2,3)7-4-6/h3,8,11H,1,4-7,9-10H2,2H3;4H,1-3H3/b12-8+;. The van der Waals surface area contributed by atoms with E-state index < -0.39 is 0 Å². The van der Waals surface area contributed by atoms with Crippen molar-refractivity contribution in [3.05, 3.63) is 24.3 Å². The first kappa shape index (κ1) is 17.9. The van der Waals surface area contributed by atoms with E-state index in [0.29, 0.717) is 6.47 Å². The normalized spacial score (nSPS) is 21.3. The average molecular weight is 266 g/mol. The third kappa shape index (κ3) is 9.52. The zero-order valence-corrected chi connectivity index (χ0v) is 13.1. The minimum atomic E-state index is -0.318. The molecule has 0 heterocycles. The molecular weight excluding hydrogens is 236 g/mol. The van der Waals surface area contributed by atoms with E-state index >= 15 is 0 Å². The Morgan fingerprint density at radius 2 is 2.05 bits per heavy atom. The van der Waals surface area contributed by atoms with Gasteiger partial charge >= 0.3 is 0 Å². The van der Waals surface area contributed by atoms with Crippen LogP contribution >= 0.6 is 0 Å². The average Bonchev–Trinajstić information content (AvgIpc) is 2.31. The molecule has 2 heteroatoms. The second-order valence-corrected chi connectivity index (χ2v) is 5.98. The van der Waals surface area contributed by atoms with Crippen LogP contribution in [0.5, 0.6) is 0 Å². The topological polar surface area (TPSA) is 26.3 Å². The molecule has 0 amide bonds. The third-order valence-corrected chi connectivity index (χ3v) is 3.11. The smallest absolute Gasteiger partial charge is 0.293 e. The molecule has 0 spiro atoms. The number of allylic oxidation sites excluding steroid dienone is 3. The van der Waals surface area contributed by atoms with Gasteiger partial charge < -0.3 is 4.74 Å². The maximum absolute atomic E-state index is 9.60. The first-order chi connectivity index (χ1) is 8.94. The van der Waals surface area contributed by atoms with Gasteiger partial charge in [0, 0.05) is 0 Å². The number of hydrogen-bond acceptors (Lipinski definition) is 2. The van der Waals surface area contributed by atoms with E-state index in [1.807, 2.05) is 20.8 Å². The predicted molar refractivity (Wildman–Crippen MR) is 82.0 cm³/mol. The summed E-state index contributed by atoms with van der Waals surface area (Å²) < 4.78 is 4.55. The molecule has 1 rings (SSSR count). The van der Waals surface area contributed by atoms with Gasteiger partial charge in [-0.05, 0) is 58.8 Å². The van der Waals surface area contributed by atoms with E-state index in [1.54, 1.807) is 5.57 Å². The van der Waals surface area contributed by atoms with Gasteiger partial charge in [0.2, 0.25) is 0 Å². The van der Waals surface area contributed by atoms with E-state index in [-0.39, 0.29) is 5.60 Å². The molecule has 0 aromatic carbocycles. The monoisotopic (exact) mass is 266 g/mol. The Morgan fingerprint density at radius 3 is 2.47 bits per heavy atom. The van der Waals surface area contributed by atoms with Gasteiger partial charge in [-0.25, -0.2) is 0 Å². The highest BCUT2D eigenvalue weighted by Gasteiger charge is 2.16. The van der Waals surface area contributed by atoms with Gasteiger partial charge in [0.25, 0.3) is 6.47 Å². The van der Waals surface area contributed by atoms with Gasteiger partial charge in [-0.2, -0.15) is 0 Å². The summed E-state index contributed by atoms with van der Waals surface area (Å²) in [4.78, 5) is 9.60. The molecule has 1 atom stereocenters. The fraction of sp³-hybridized carbons (Fsp3) is 0.706. The van der Waals surface area contributed by atoms with E-state index in [1.165, 1.54) is 38.5 Å². The van der Waals surface area contributed by atoms with Crippen LogP contribution in [0.25, 0.3) is 0 Å². The van der Waals surface area contributed by atoms with Crippen molar-refractivity contribution in [3.8, 4) is 0 Å². The Kier molecular flexibility index (Phi) is 9.28. The molecule has 0 radical (unpaired) electrons. The molecule has 110 valence electrons. The zero-order valence-electron chi connectivity index (χ0n) is 13.1. The first-order valence-corrected chi connectivity index (χ1v) is 7.35. The van der Waals surface area contributed by atoms with Crippen LogP contribution in [0.1, 0.15) is 66.2 Å². The Labute approximate surface area is 118 Å². The molecule has 1 aliphatic carbocycles. The highest BCUT2D eigenvalue weighted by molar-refractivity contribution is 5.37. The summed E-state index contributed by atoms with van der Waals surface area (Å²) in [6, 6.07) is 0. The van der Waals surface area contributed by atoms with Crippen molar-refractivity contribution >= 4 is 6.47 Å².